The van der Waals surface area contributed by atoms with E-state index in [1.54, 1.807) is 11.8 Å². The average Bonchev–Trinajstić information content (AvgIpc) is 3.37. The van der Waals surface area contributed by atoms with Crippen molar-refractivity contribution in [1.82, 2.24) is 25.1 Å². The van der Waals surface area contributed by atoms with Gasteiger partial charge in [0.15, 0.2) is 9.84 Å². The number of sulfone groups is 1. The Morgan fingerprint density at radius 1 is 0.841 bits per heavy atom. The van der Waals surface area contributed by atoms with Crippen molar-refractivity contribution in [2.24, 2.45) is 7.05 Å². The molecule has 0 unspecified atom stereocenters. The Morgan fingerprint density at radius 3 is 1.86 bits per heavy atom. The van der Waals surface area contributed by atoms with E-state index in [1.165, 1.54) is 7.05 Å². The fourth-order valence-corrected chi connectivity index (χ4v) is 7.06. The van der Waals surface area contributed by atoms with Gasteiger partial charge in [0.2, 0.25) is 0 Å². The molecule has 2 aromatic carbocycles. The first kappa shape index (κ1) is 32.0. The third kappa shape index (κ3) is 6.09. The molecule has 1 aliphatic carbocycles. The summed E-state index contributed by atoms with van der Waals surface area (Å²) in [6.45, 7) is 0.828. The van der Waals surface area contributed by atoms with Gasteiger partial charge in [0.25, 0.3) is 5.95 Å². The smallest absolute Gasteiger partial charge is 0.330 e. The number of hydrogen-bond acceptors (Lipinski definition) is 7. The van der Waals surface area contributed by atoms with E-state index in [0.717, 1.165) is 21.8 Å². The van der Waals surface area contributed by atoms with Gasteiger partial charge in [-0.3, -0.25) is 4.90 Å². The summed E-state index contributed by atoms with van der Waals surface area (Å²) in [4.78, 5) is 3.94. The molecule has 2 heterocycles. The first-order chi connectivity index (χ1) is 20.2. The summed E-state index contributed by atoms with van der Waals surface area (Å²) in [5.41, 5.74) is -4.64. The lowest BCUT2D eigenvalue weighted by Gasteiger charge is -2.35. The Balaban J connectivity index is 1.59. The van der Waals surface area contributed by atoms with E-state index in [4.69, 9.17) is 0 Å². The van der Waals surface area contributed by atoms with Crippen LogP contribution in [0, 0.1) is 0 Å². The Kier molecular flexibility index (Phi) is 7.71. The fourth-order valence-electron chi connectivity index (χ4n) is 5.85. The van der Waals surface area contributed by atoms with Gasteiger partial charge in [-0.2, -0.15) is 44.3 Å². The standard InChI is InChI=1S/C26H25F9N6O2S/c1-3-23(41-4-6-44(42,43)7-5-41)20-12-19(26(33,34)35)10-16(21(20)23)14-40(22-36-38-39(2)37-22)13-15-8-17(24(27,28)29)11-18(9-15)25(30,31)32/h8-12H,3-7,13-14H2,1-2H3/t23-/m0/s1. The zero-order chi connectivity index (χ0) is 32.5. The molecular formula is C26H25F9N6O2S. The third-order valence-electron chi connectivity index (χ3n) is 7.90. The Morgan fingerprint density at radius 2 is 1.39 bits per heavy atom. The van der Waals surface area contributed by atoms with Gasteiger partial charge in [-0.05, 0) is 64.2 Å². The van der Waals surface area contributed by atoms with Crippen molar-refractivity contribution >= 4 is 15.8 Å². The van der Waals surface area contributed by atoms with E-state index in [1.807, 2.05) is 0 Å². The van der Waals surface area contributed by atoms with Crippen molar-refractivity contribution in [1.29, 1.82) is 0 Å². The van der Waals surface area contributed by atoms with Crippen LogP contribution in [0.4, 0.5) is 45.5 Å². The van der Waals surface area contributed by atoms with Crippen LogP contribution in [0.2, 0.25) is 0 Å². The van der Waals surface area contributed by atoms with E-state index >= 15 is 0 Å². The van der Waals surface area contributed by atoms with Crippen molar-refractivity contribution in [3.63, 3.8) is 0 Å². The van der Waals surface area contributed by atoms with Crippen LogP contribution in [-0.2, 0) is 54.0 Å². The van der Waals surface area contributed by atoms with Gasteiger partial charge in [-0.15, -0.1) is 5.10 Å². The number of nitrogens with zero attached hydrogens (tertiary/aromatic N) is 6. The van der Waals surface area contributed by atoms with Gasteiger partial charge in [0.05, 0.1) is 40.8 Å². The predicted molar refractivity (Wildman–Crippen MR) is 138 cm³/mol. The lowest BCUT2D eigenvalue weighted by atomic mass is 10.0. The summed E-state index contributed by atoms with van der Waals surface area (Å²) >= 11 is 0. The van der Waals surface area contributed by atoms with Crippen molar-refractivity contribution in [3.05, 3.63) is 69.3 Å². The normalized spacial score (nSPS) is 20.4. The van der Waals surface area contributed by atoms with E-state index in [9.17, 15) is 47.9 Å². The van der Waals surface area contributed by atoms with Gasteiger partial charge in [-0.25, -0.2) is 8.42 Å². The second-order valence-corrected chi connectivity index (χ2v) is 13.1. The van der Waals surface area contributed by atoms with Gasteiger partial charge >= 0.3 is 18.5 Å². The predicted octanol–water partition coefficient (Wildman–Crippen LogP) is 5.17. The molecular weight excluding hydrogens is 631 g/mol. The van der Waals surface area contributed by atoms with Gasteiger partial charge in [0, 0.05) is 26.2 Å². The third-order valence-corrected chi connectivity index (χ3v) is 9.51. The highest BCUT2D eigenvalue weighted by Gasteiger charge is 2.57. The number of aromatic nitrogens is 4. The monoisotopic (exact) mass is 656 g/mol. The maximum Gasteiger partial charge on any atom is 0.416 e. The van der Waals surface area contributed by atoms with Crippen molar-refractivity contribution in [3.8, 4) is 0 Å². The molecule has 1 aliphatic heterocycles. The van der Waals surface area contributed by atoms with E-state index < -0.39 is 69.2 Å². The quantitative estimate of drug-likeness (QED) is 0.325. The highest BCUT2D eigenvalue weighted by atomic mass is 32.2. The summed E-state index contributed by atoms with van der Waals surface area (Å²) in [6.07, 6.45) is -14.7. The van der Waals surface area contributed by atoms with Gasteiger partial charge in [0.1, 0.15) is 0 Å². The number of hydrogen-bond donors (Lipinski definition) is 0. The summed E-state index contributed by atoms with van der Waals surface area (Å²) in [5, 5.41) is 11.5. The minimum Gasteiger partial charge on any atom is -0.330 e. The Hall–Kier alpha value is -3.41. The lowest BCUT2D eigenvalue weighted by Crippen LogP contribution is -2.46. The van der Waals surface area contributed by atoms with Crippen LogP contribution in [0.3, 0.4) is 0 Å². The molecule has 1 aromatic heterocycles. The van der Waals surface area contributed by atoms with Crippen LogP contribution in [0.15, 0.2) is 30.3 Å². The van der Waals surface area contributed by atoms with Crippen LogP contribution in [0.5, 0.6) is 0 Å². The second-order valence-electron chi connectivity index (χ2n) is 10.8. The maximum absolute atomic E-state index is 14.0. The minimum atomic E-state index is -5.11. The number of halogens is 9. The zero-order valence-electron chi connectivity index (χ0n) is 23.1. The molecule has 18 heteroatoms. The molecule has 0 spiro atoms. The van der Waals surface area contributed by atoms with Gasteiger partial charge < -0.3 is 4.90 Å². The number of benzene rings is 2. The molecule has 44 heavy (non-hydrogen) atoms. The average molecular weight is 657 g/mol. The lowest BCUT2D eigenvalue weighted by molar-refractivity contribution is -0.143. The van der Waals surface area contributed by atoms with Gasteiger partial charge in [-0.1, -0.05) is 12.0 Å². The Labute approximate surface area is 245 Å². The number of alkyl halides is 9. The largest absolute Gasteiger partial charge is 0.416 e. The van der Waals surface area contributed by atoms with Crippen molar-refractivity contribution in [2.45, 2.75) is 50.5 Å². The molecule has 0 N–H and O–H groups in total. The molecule has 0 radical (unpaired) electrons. The number of tetrazole rings is 1. The summed E-state index contributed by atoms with van der Waals surface area (Å²) in [5.74, 6) is -0.607. The first-order valence-corrected chi connectivity index (χ1v) is 15.0. The molecule has 2 aliphatic rings. The molecule has 1 saturated heterocycles. The van der Waals surface area contributed by atoms with Crippen molar-refractivity contribution < 1.29 is 47.9 Å². The van der Waals surface area contributed by atoms with Crippen molar-refractivity contribution in [2.75, 3.05) is 29.5 Å². The summed E-state index contributed by atoms with van der Waals surface area (Å²) < 4.78 is 147. The Bertz CT molecular complexity index is 1640. The summed E-state index contributed by atoms with van der Waals surface area (Å²) in [7, 11) is -1.96. The molecule has 0 saturated carbocycles. The van der Waals surface area contributed by atoms with Crippen LogP contribution in [-0.4, -0.2) is 58.1 Å². The molecule has 0 amide bonds. The van der Waals surface area contributed by atoms with E-state index in [-0.39, 0.29) is 42.2 Å². The summed E-state index contributed by atoms with van der Waals surface area (Å²) in [6, 6.07) is 2.92. The maximum atomic E-state index is 14.0. The molecule has 0 bridgehead atoms. The fraction of sp³-hybridized carbons (Fsp3) is 0.500. The number of rotatable bonds is 7. The molecule has 8 nitrogen and oxygen atoms in total. The second kappa shape index (κ2) is 10.6. The number of anilines is 1. The van der Waals surface area contributed by atoms with E-state index in [2.05, 4.69) is 15.4 Å². The first-order valence-electron chi connectivity index (χ1n) is 13.2. The molecule has 3 aromatic rings. The van der Waals surface area contributed by atoms with Crippen LogP contribution in [0.1, 0.15) is 52.3 Å². The molecule has 240 valence electrons. The molecule has 5 rings (SSSR count). The number of aryl methyl sites for hydroxylation is 1. The minimum absolute atomic E-state index is 0.0197. The highest BCUT2D eigenvalue weighted by Crippen LogP contribution is 2.58. The molecule has 1 atom stereocenters. The SMILES string of the molecule is CC[C@]1(N2CCS(=O)(=O)CC2)c2cc(C(F)(F)F)cc(CN(Cc3cc(C(F)(F)F)cc(C(F)(F)F)c3)c3nnn(C)n3)c21. The van der Waals surface area contributed by atoms with Crippen LogP contribution in [0.25, 0.3) is 0 Å². The highest BCUT2D eigenvalue weighted by molar-refractivity contribution is 7.91. The topological polar surface area (TPSA) is 84.2 Å². The number of fused-ring (bicyclic) bond motifs is 1. The van der Waals surface area contributed by atoms with E-state index in [0.29, 0.717) is 29.7 Å². The zero-order valence-corrected chi connectivity index (χ0v) is 24.0. The van der Waals surface area contributed by atoms with Crippen LogP contribution >= 0.6 is 0 Å². The van der Waals surface area contributed by atoms with Crippen LogP contribution < -0.4 is 4.90 Å². The molecule has 1 fully saturated rings.